The SMILES string of the molecule is CCc1ccc(OC)c(SNc2noc3ccc(C(=O)NC)cc23)c1. The van der Waals surface area contributed by atoms with Crippen molar-refractivity contribution in [1.82, 2.24) is 10.5 Å². The van der Waals surface area contributed by atoms with E-state index < -0.39 is 0 Å². The number of ether oxygens (including phenoxy) is 1. The van der Waals surface area contributed by atoms with Crippen LogP contribution >= 0.6 is 11.9 Å². The number of aromatic nitrogens is 1. The number of benzene rings is 2. The Morgan fingerprint density at radius 2 is 2.12 bits per heavy atom. The lowest BCUT2D eigenvalue weighted by atomic mass is 10.1. The molecule has 0 aliphatic carbocycles. The van der Waals surface area contributed by atoms with Crippen LogP contribution in [0.2, 0.25) is 0 Å². The van der Waals surface area contributed by atoms with E-state index in [1.165, 1.54) is 17.5 Å². The minimum Gasteiger partial charge on any atom is -0.496 e. The number of anilines is 1. The number of rotatable bonds is 6. The summed E-state index contributed by atoms with van der Waals surface area (Å²) in [7, 11) is 3.24. The number of carbonyl (C=O) groups is 1. The Labute approximate surface area is 150 Å². The lowest BCUT2D eigenvalue weighted by molar-refractivity contribution is 0.0963. The molecule has 2 N–H and O–H groups in total. The number of nitrogens with one attached hydrogen (secondary N) is 2. The van der Waals surface area contributed by atoms with Crippen molar-refractivity contribution in [1.29, 1.82) is 0 Å². The zero-order valence-electron chi connectivity index (χ0n) is 14.3. The Morgan fingerprint density at radius 3 is 2.84 bits per heavy atom. The van der Waals surface area contributed by atoms with E-state index in [2.05, 4.69) is 28.2 Å². The Hall–Kier alpha value is -2.67. The lowest BCUT2D eigenvalue weighted by Gasteiger charge is -2.10. The molecule has 0 aliphatic heterocycles. The van der Waals surface area contributed by atoms with E-state index in [1.54, 1.807) is 32.4 Å². The van der Waals surface area contributed by atoms with Crippen LogP contribution in [-0.4, -0.2) is 25.2 Å². The Balaban J connectivity index is 1.87. The van der Waals surface area contributed by atoms with Gasteiger partial charge >= 0.3 is 0 Å². The van der Waals surface area contributed by atoms with Gasteiger partial charge in [0.15, 0.2) is 11.4 Å². The van der Waals surface area contributed by atoms with Crippen LogP contribution in [0.4, 0.5) is 5.82 Å². The second-order valence-corrected chi connectivity index (χ2v) is 6.21. The molecule has 1 aromatic heterocycles. The van der Waals surface area contributed by atoms with Crippen molar-refractivity contribution in [2.75, 3.05) is 18.9 Å². The number of aryl methyl sites for hydroxylation is 1. The van der Waals surface area contributed by atoms with Crippen molar-refractivity contribution in [2.24, 2.45) is 0 Å². The average Bonchev–Trinajstić information content (AvgIpc) is 3.07. The van der Waals surface area contributed by atoms with Crippen LogP contribution in [0.25, 0.3) is 11.0 Å². The first-order valence-corrected chi connectivity index (χ1v) is 8.69. The number of fused-ring (bicyclic) bond motifs is 1. The van der Waals surface area contributed by atoms with Gasteiger partial charge in [0.25, 0.3) is 5.91 Å². The molecule has 0 radical (unpaired) electrons. The molecule has 0 saturated heterocycles. The summed E-state index contributed by atoms with van der Waals surface area (Å²) in [6, 6.07) is 11.3. The maximum absolute atomic E-state index is 11.8. The number of amides is 1. The molecule has 0 fully saturated rings. The summed E-state index contributed by atoms with van der Waals surface area (Å²) in [5.74, 6) is 1.20. The fourth-order valence-corrected chi connectivity index (χ4v) is 3.24. The highest BCUT2D eigenvalue weighted by molar-refractivity contribution is 8.00. The van der Waals surface area contributed by atoms with E-state index in [1.807, 2.05) is 12.1 Å². The molecular formula is C18H19N3O3S. The van der Waals surface area contributed by atoms with E-state index in [4.69, 9.17) is 9.26 Å². The van der Waals surface area contributed by atoms with Crippen LogP contribution in [0.5, 0.6) is 5.75 Å². The van der Waals surface area contributed by atoms with E-state index in [9.17, 15) is 4.79 Å². The summed E-state index contributed by atoms with van der Waals surface area (Å²) in [6.07, 6.45) is 0.944. The van der Waals surface area contributed by atoms with Crippen molar-refractivity contribution < 1.29 is 14.1 Å². The van der Waals surface area contributed by atoms with Crippen molar-refractivity contribution in [3.63, 3.8) is 0 Å². The predicted octanol–water partition coefficient (Wildman–Crippen LogP) is 3.88. The molecule has 2 aromatic carbocycles. The molecule has 3 rings (SSSR count). The largest absolute Gasteiger partial charge is 0.496 e. The van der Waals surface area contributed by atoms with Crippen molar-refractivity contribution >= 4 is 34.6 Å². The van der Waals surface area contributed by atoms with Gasteiger partial charge in [-0.1, -0.05) is 18.1 Å². The second kappa shape index (κ2) is 7.48. The van der Waals surface area contributed by atoms with Gasteiger partial charge in [-0.3, -0.25) is 4.79 Å². The normalized spacial score (nSPS) is 10.7. The minimum atomic E-state index is -0.154. The van der Waals surface area contributed by atoms with E-state index >= 15 is 0 Å². The summed E-state index contributed by atoms with van der Waals surface area (Å²) >= 11 is 1.40. The summed E-state index contributed by atoms with van der Waals surface area (Å²) in [6.45, 7) is 2.11. The van der Waals surface area contributed by atoms with Gasteiger partial charge in [0, 0.05) is 12.6 Å². The van der Waals surface area contributed by atoms with Gasteiger partial charge in [0.1, 0.15) is 5.75 Å². The molecule has 1 heterocycles. The average molecular weight is 357 g/mol. The van der Waals surface area contributed by atoms with Gasteiger partial charge in [0.2, 0.25) is 0 Å². The predicted molar refractivity (Wildman–Crippen MR) is 99.3 cm³/mol. The molecule has 0 spiro atoms. The van der Waals surface area contributed by atoms with Crippen LogP contribution in [0.15, 0.2) is 45.8 Å². The van der Waals surface area contributed by atoms with Crippen LogP contribution in [0, 0.1) is 0 Å². The van der Waals surface area contributed by atoms with E-state index in [0.717, 1.165) is 22.5 Å². The van der Waals surface area contributed by atoms with Gasteiger partial charge in [-0.2, -0.15) is 0 Å². The van der Waals surface area contributed by atoms with E-state index in [0.29, 0.717) is 17.0 Å². The molecule has 25 heavy (non-hydrogen) atoms. The van der Waals surface area contributed by atoms with Gasteiger partial charge in [-0.05, 0) is 54.3 Å². The molecule has 130 valence electrons. The molecule has 0 bridgehead atoms. The van der Waals surface area contributed by atoms with Crippen molar-refractivity contribution in [3.8, 4) is 5.75 Å². The highest BCUT2D eigenvalue weighted by atomic mass is 32.2. The van der Waals surface area contributed by atoms with Gasteiger partial charge < -0.3 is 19.3 Å². The lowest BCUT2D eigenvalue weighted by Crippen LogP contribution is -2.17. The van der Waals surface area contributed by atoms with Crippen LogP contribution in [0.1, 0.15) is 22.8 Å². The number of hydrogen-bond donors (Lipinski definition) is 2. The highest BCUT2D eigenvalue weighted by Crippen LogP contribution is 2.33. The third-order valence-corrected chi connectivity index (χ3v) is 4.69. The first kappa shape index (κ1) is 17.2. The molecule has 0 saturated carbocycles. The van der Waals surface area contributed by atoms with Gasteiger partial charge in [-0.15, -0.1) is 0 Å². The summed E-state index contributed by atoms with van der Waals surface area (Å²) in [5, 5.41) is 7.42. The Kier molecular flexibility index (Phi) is 5.14. The fourth-order valence-electron chi connectivity index (χ4n) is 2.42. The van der Waals surface area contributed by atoms with Gasteiger partial charge in [0.05, 0.1) is 17.4 Å². The Bertz CT molecular complexity index is 908. The quantitative estimate of drug-likeness (QED) is 0.652. The summed E-state index contributed by atoms with van der Waals surface area (Å²) in [4.78, 5) is 12.8. The zero-order valence-corrected chi connectivity index (χ0v) is 15.1. The standard InChI is InChI=1S/C18H19N3O3S/c1-4-11-5-7-15(23-3)16(9-11)25-21-17-13-10-12(18(22)19-2)6-8-14(13)24-20-17/h5-10H,4H2,1-3H3,(H,19,22)(H,20,21). The minimum absolute atomic E-state index is 0.154. The smallest absolute Gasteiger partial charge is 0.251 e. The van der Waals surface area contributed by atoms with Crippen molar-refractivity contribution in [2.45, 2.75) is 18.2 Å². The van der Waals surface area contributed by atoms with Gasteiger partial charge in [-0.25, -0.2) is 0 Å². The van der Waals surface area contributed by atoms with Crippen LogP contribution in [0.3, 0.4) is 0 Å². The monoisotopic (exact) mass is 357 g/mol. The van der Waals surface area contributed by atoms with Crippen molar-refractivity contribution in [3.05, 3.63) is 47.5 Å². The maximum Gasteiger partial charge on any atom is 0.251 e. The van der Waals surface area contributed by atoms with Crippen LogP contribution < -0.4 is 14.8 Å². The number of hydrogen-bond acceptors (Lipinski definition) is 6. The molecule has 6 nitrogen and oxygen atoms in total. The molecule has 7 heteroatoms. The summed E-state index contributed by atoms with van der Waals surface area (Å²) < 4.78 is 13.9. The number of methoxy groups -OCH3 is 1. The molecule has 1 amide bonds. The molecule has 0 atom stereocenters. The van der Waals surface area contributed by atoms with Crippen LogP contribution in [-0.2, 0) is 6.42 Å². The first-order chi connectivity index (χ1) is 12.2. The van der Waals surface area contributed by atoms with E-state index in [-0.39, 0.29) is 5.91 Å². The molecular weight excluding hydrogens is 338 g/mol. The molecule has 3 aromatic rings. The third kappa shape index (κ3) is 3.56. The molecule has 0 unspecified atom stereocenters. The highest BCUT2D eigenvalue weighted by Gasteiger charge is 2.13. The topological polar surface area (TPSA) is 76.4 Å². The number of nitrogens with zero attached hydrogens (tertiary/aromatic N) is 1. The first-order valence-electron chi connectivity index (χ1n) is 7.87. The second-order valence-electron chi connectivity index (χ2n) is 5.36. The molecule has 0 aliphatic rings. The summed E-state index contributed by atoms with van der Waals surface area (Å²) in [5.41, 5.74) is 2.39. The number of carbonyl (C=O) groups excluding carboxylic acids is 1. The fraction of sp³-hybridized carbons (Fsp3) is 0.222. The third-order valence-electron chi connectivity index (χ3n) is 3.85. The zero-order chi connectivity index (χ0) is 17.8. The maximum atomic E-state index is 11.8. The Morgan fingerprint density at radius 1 is 1.28 bits per heavy atom.